The maximum Gasteiger partial charge on any atom is 0.0496 e. The molecule has 0 bridgehead atoms. The first-order valence-electron chi connectivity index (χ1n) is 7.77. The molecule has 0 saturated heterocycles. The van der Waals surface area contributed by atoms with Crippen molar-refractivity contribution in [2.75, 3.05) is 5.75 Å². The summed E-state index contributed by atoms with van der Waals surface area (Å²) >= 11 is 1.97. The van der Waals surface area contributed by atoms with E-state index >= 15 is 0 Å². The van der Waals surface area contributed by atoms with Crippen molar-refractivity contribution in [3.05, 3.63) is 41.5 Å². The molecule has 0 amide bonds. The summed E-state index contributed by atoms with van der Waals surface area (Å²) in [5, 5.41) is 0. The maximum atomic E-state index is 5.93. The minimum absolute atomic E-state index is 0.309. The number of nitrogens with two attached hydrogens (primary N) is 1. The molecule has 0 spiro atoms. The van der Waals surface area contributed by atoms with E-state index in [0.717, 1.165) is 5.75 Å². The van der Waals surface area contributed by atoms with Gasteiger partial charge in [0.15, 0.2) is 0 Å². The van der Waals surface area contributed by atoms with Gasteiger partial charge < -0.3 is 0 Å². The number of allylic oxidation sites excluding steroid dienone is 1. The highest BCUT2D eigenvalue weighted by atomic mass is 32.2. The van der Waals surface area contributed by atoms with Crippen LogP contribution in [0.5, 0.6) is 0 Å². The van der Waals surface area contributed by atoms with Crippen molar-refractivity contribution in [1.82, 2.24) is 5.43 Å². The monoisotopic (exact) mass is 288 g/mol. The van der Waals surface area contributed by atoms with Gasteiger partial charge in [-0.1, -0.05) is 42.7 Å². The normalized spacial score (nSPS) is 27.1. The van der Waals surface area contributed by atoms with E-state index in [4.69, 9.17) is 5.84 Å². The number of benzene rings is 1. The highest BCUT2D eigenvalue weighted by Crippen LogP contribution is 2.43. The fourth-order valence-corrected chi connectivity index (χ4v) is 4.74. The highest BCUT2D eigenvalue weighted by molar-refractivity contribution is 7.99. The molecule has 0 saturated carbocycles. The number of fused-ring (bicyclic) bond motifs is 1. The molecule has 1 aromatic rings. The van der Waals surface area contributed by atoms with E-state index < -0.39 is 0 Å². The van der Waals surface area contributed by atoms with Crippen molar-refractivity contribution in [1.29, 1.82) is 0 Å². The molecule has 3 N–H and O–H groups in total. The first-order chi connectivity index (χ1) is 9.90. The van der Waals surface area contributed by atoms with E-state index in [1.54, 1.807) is 0 Å². The van der Waals surface area contributed by atoms with Crippen LogP contribution in [-0.4, -0.2) is 11.8 Å². The van der Waals surface area contributed by atoms with Gasteiger partial charge in [-0.25, -0.2) is 0 Å². The van der Waals surface area contributed by atoms with Crippen LogP contribution in [0, 0.1) is 0 Å². The zero-order valence-corrected chi connectivity index (χ0v) is 12.8. The van der Waals surface area contributed by atoms with E-state index in [2.05, 4.69) is 35.8 Å². The largest absolute Gasteiger partial charge is 0.271 e. The van der Waals surface area contributed by atoms with Gasteiger partial charge >= 0.3 is 0 Å². The van der Waals surface area contributed by atoms with E-state index in [-0.39, 0.29) is 0 Å². The first-order valence-corrected chi connectivity index (χ1v) is 8.75. The van der Waals surface area contributed by atoms with Gasteiger partial charge in [-0.05, 0) is 37.3 Å². The Bertz CT molecular complexity index is 484. The molecule has 20 heavy (non-hydrogen) atoms. The van der Waals surface area contributed by atoms with Gasteiger partial charge in [0.1, 0.15) is 0 Å². The summed E-state index contributed by atoms with van der Waals surface area (Å²) < 4.78 is 0. The predicted octanol–water partition coefficient (Wildman–Crippen LogP) is 3.99. The van der Waals surface area contributed by atoms with Crippen LogP contribution < -0.4 is 11.3 Å². The highest BCUT2D eigenvalue weighted by Gasteiger charge is 2.31. The number of thioether (sulfide) groups is 1. The van der Waals surface area contributed by atoms with Crippen LogP contribution in [0.3, 0.4) is 0 Å². The first kappa shape index (κ1) is 14.2. The summed E-state index contributed by atoms with van der Waals surface area (Å²) in [4.78, 5) is 1.43. The van der Waals surface area contributed by atoms with Crippen LogP contribution in [0.4, 0.5) is 0 Å². The average Bonchev–Trinajstić information content (AvgIpc) is 2.86. The fourth-order valence-electron chi connectivity index (χ4n) is 3.44. The lowest BCUT2D eigenvalue weighted by Crippen LogP contribution is -2.41. The van der Waals surface area contributed by atoms with Crippen molar-refractivity contribution in [3.8, 4) is 0 Å². The summed E-state index contributed by atoms with van der Waals surface area (Å²) in [7, 11) is 0. The van der Waals surface area contributed by atoms with Crippen LogP contribution in [-0.2, 0) is 0 Å². The minimum atomic E-state index is 0.309. The van der Waals surface area contributed by atoms with Crippen LogP contribution >= 0.6 is 11.8 Å². The van der Waals surface area contributed by atoms with Crippen molar-refractivity contribution >= 4 is 11.8 Å². The molecule has 1 aromatic carbocycles. The third kappa shape index (κ3) is 2.95. The zero-order valence-electron chi connectivity index (χ0n) is 12.0. The second-order valence-corrected chi connectivity index (χ2v) is 6.89. The molecule has 2 unspecified atom stereocenters. The van der Waals surface area contributed by atoms with Crippen LogP contribution in [0.25, 0.3) is 0 Å². The SMILES string of the molecule is NNC(/C1=C/CCCCCC1)C1CSc2ccccc21. The van der Waals surface area contributed by atoms with Gasteiger partial charge in [0.05, 0.1) is 0 Å². The number of hydrogen-bond acceptors (Lipinski definition) is 3. The topological polar surface area (TPSA) is 38.0 Å². The Hall–Kier alpha value is -0.770. The maximum absolute atomic E-state index is 5.93. The van der Waals surface area contributed by atoms with Gasteiger partial charge in [-0.3, -0.25) is 11.3 Å². The van der Waals surface area contributed by atoms with Crippen molar-refractivity contribution in [2.45, 2.75) is 55.4 Å². The predicted molar refractivity (Wildman–Crippen MR) is 86.8 cm³/mol. The third-order valence-corrected chi connectivity index (χ3v) is 5.75. The molecule has 1 heterocycles. The summed E-state index contributed by atoms with van der Waals surface area (Å²) in [6, 6.07) is 9.10. The molecule has 1 aliphatic carbocycles. The molecule has 2 atom stereocenters. The van der Waals surface area contributed by atoms with Gasteiger partial charge in [0, 0.05) is 22.6 Å². The van der Waals surface area contributed by atoms with Gasteiger partial charge in [-0.15, -0.1) is 11.8 Å². The van der Waals surface area contributed by atoms with Crippen molar-refractivity contribution in [2.24, 2.45) is 5.84 Å². The molecule has 108 valence electrons. The Balaban J connectivity index is 1.83. The summed E-state index contributed by atoms with van der Waals surface area (Å²) in [6.07, 6.45) is 10.3. The van der Waals surface area contributed by atoms with E-state index in [1.807, 2.05) is 11.8 Å². The third-order valence-electron chi connectivity index (χ3n) is 4.54. The molecule has 0 aromatic heterocycles. The van der Waals surface area contributed by atoms with Crippen molar-refractivity contribution < 1.29 is 0 Å². The minimum Gasteiger partial charge on any atom is -0.271 e. The fraction of sp³-hybridized carbons (Fsp3) is 0.529. The number of nitrogens with one attached hydrogen (secondary N) is 1. The summed E-state index contributed by atoms with van der Waals surface area (Å²) in [6.45, 7) is 0. The summed E-state index contributed by atoms with van der Waals surface area (Å²) in [5.74, 6) is 7.60. The van der Waals surface area contributed by atoms with E-state index in [1.165, 1.54) is 54.6 Å². The Labute approximate surface area is 126 Å². The molecule has 1 aliphatic heterocycles. The smallest absolute Gasteiger partial charge is 0.0496 e. The molecule has 2 aliphatic rings. The van der Waals surface area contributed by atoms with Gasteiger partial charge in [0.2, 0.25) is 0 Å². The standard InChI is InChI=1S/C17H24N2S/c18-19-17(13-8-4-2-1-3-5-9-13)15-12-20-16-11-7-6-10-14(15)16/h6-8,10-11,15,17,19H,1-5,9,12,18H2/b13-8+. The molecule has 3 rings (SSSR count). The van der Waals surface area contributed by atoms with Gasteiger partial charge in [0.25, 0.3) is 0 Å². The Morgan fingerprint density at radius 3 is 2.90 bits per heavy atom. The van der Waals surface area contributed by atoms with Gasteiger partial charge in [-0.2, -0.15) is 0 Å². The summed E-state index contributed by atoms with van der Waals surface area (Å²) in [5.41, 5.74) is 6.13. The molecule has 0 radical (unpaired) electrons. The number of hydrogen-bond donors (Lipinski definition) is 2. The Morgan fingerprint density at radius 2 is 2.00 bits per heavy atom. The second-order valence-electron chi connectivity index (χ2n) is 5.83. The Morgan fingerprint density at radius 1 is 1.15 bits per heavy atom. The zero-order chi connectivity index (χ0) is 13.8. The van der Waals surface area contributed by atoms with E-state index in [0.29, 0.717) is 12.0 Å². The van der Waals surface area contributed by atoms with Crippen LogP contribution in [0.1, 0.15) is 50.0 Å². The molecule has 0 fully saturated rings. The van der Waals surface area contributed by atoms with Crippen molar-refractivity contribution in [3.63, 3.8) is 0 Å². The van der Waals surface area contributed by atoms with Crippen LogP contribution in [0.2, 0.25) is 0 Å². The molecule has 2 nitrogen and oxygen atoms in total. The molecular formula is C17H24N2S. The van der Waals surface area contributed by atoms with E-state index in [9.17, 15) is 0 Å². The number of hydrazine groups is 1. The lowest BCUT2D eigenvalue weighted by Gasteiger charge is -2.27. The molecular weight excluding hydrogens is 264 g/mol. The quantitative estimate of drug-likeness (QED) is 0.502. The number of rotatable bonds is 3. The second kappa shape index (κ2) is 6.79. The van der Waals surface area contributed by atoms with Crippen LogP contribution in [0.15, 0.2) is 40.8 Å². The average molecular weight is 288 g/mol. The lowest BCUT2D eigenvalue weighted by molar-refractivity contribution is 0.490. The lowest BCUT2D eigenvalue weighted by atomic mass is 9.85. The molecule has 3 heteroatoms. The Kier molecular flexibility index (Phi) is 4.81.